The first-order chi connectivity index (χ1) is 13.1. The number of benzene rings is 1. The van der Waals surface area contributed by atoms with Crippen LogP contribution in [0.3, 0.4) is 0 Å². The third-order valence-electron chi connectivity index (χ3n) is 4.40. The molecule has 1 aliphatic rings. The van der Waals surface area contributed by atoms with E-state index in [4.69, 9.17) is 4.74 Å². The molecule has 28 heavy (non-hydrogen) atoms. The van der Waals surface area contributed by atoms with Crippen molar-refractivity contribution in [3.8, 4) is 5.75 Å². The van der Waals surface area contributed by atoms with Gasteiger partial charge in [0.2, 0.25) is 5.91 Å². The summed E-state index contributed by atoms with van der Waals surface area (Å²) in [5.41, 5.74) is 1.93. The summed E-state index contributed by atoms with van der Waals surface area (Å²) >= 11 is 0. The lowest BCUT2D eigenvalue weighted by molar-refractivity contribution is -0.120. The van der Waals surface area contributed by atoms with E-state index in [1.54, 1.807) is 22.8 Å². The summed E-state index contributed by atoms with van der Waals surface area (Å²) in [6.07, 6.45) is 3.57. The number of aromatic nitrogens is 2. The number of rotatable bonds is 5. The summed E-state index contributed by atoms with van der Waals surface area (Å²) in [6.45, 7) is 4.82. The van der Waals surface area contributed by atoms with Crippen LogP contribution in [0.1, 0.15) is 12.5 Å². The van der Waals surface area contributed by atoms with Crippen LogP contribution < -0.4 is 15.0 Å². The van der Waals surface area contributed by atoms with E-state index in [9.17, 15) is 4.79 Å². The first-order valence-corrected chi connectivity index (χ1v) is 9.07. The number of aliphatic imine (C=N–C) groups is 1. The minimum Gasteiger partial charge on any atom is -0.494 e. The number of ether oxygens (including phenoxy) is 1. The minimum atomic E-state index is 0. The predicted octanol–water partition coefficient (Wildman–Crippen LogP) is 1.86. The average molecular weight is 498 g/mol. The highest BCUT2D eigenvalue weighted by molar-refractivity contribution is 14.0. The fourth-order valence-electron chi connectivity index (χ4n) is 3.10. The molecule has 1 saturated heterocycles. The Morgan fingerprint density at radius 3 is 2.82 bits per heavy atom. The molecule has 1 fully saturated rings. The molecule has 2 heterocycles. The van der Waals surface area contributed by atoms with Gasteiger partial charge in [-0.2, -0.15) is 5.10 Å². The highest BCUT2D eigenvalue weighted by Gasteiger charge is 2.27. The standard InChI is InChI=1S/C19H26N6O2.HI/c1-4-27-17-7-5-6-15(10-17)11-21-19(20-2)24-8-9-25(18(26)14-24)16-12-22-23(3)13-16;/h5-7,10,12-13H,4,8-9,11,14H2,1-3H3,(H,20,21);1H. The van der Waals surface area contributed by atoms with Crippen molar-refractivity contribution in [3.63, 3.8) is 0 Å². The van der Waals surface area contributed by atoms with Crippen LogP contribution in [-0.4, -0.2) is 59.8 Å². The van der Waals surface area contributed by atoms with E-state index in [0.29, 0.717) is 26.2 Å². The molecule has 0 bridgehead atoms. The van der Waals surface area contributed by atoms with Crippen molar-refractivity contribution in [1.82, 2.24) is 20.0 Å². The minimum absolute atomic E-state index is 0. The van der Waals surface area contributed by atoms with Gasteiger partial charge in [0.1, 0.15) is 12.3 Å². The Kier molecular flexibility index (Phi) is 8.09. The number of halogens is 1. The van der Waals surface area contributed by atoms with E-state index in [0.717, 1.165) is 23.0 Å². The molecule has 0 atom stereocenters. The fraction of sp³-hybridized carbons (Fsp3) is 0.421. The van der Waals surface area contributed by atoms with E-state index >= 15 is 0 Å². The maximum absolute atomic E-state index is 12.6. The third kappa shape index (κ3) is 5.37. The number of guanidine groups is 1. The molecule has 1 N–H and O–H groups in total. The lowest BCUT2D eigenvalue weighted by atomic mass is 10.2. The van der Waals surface area contributed by atoms with Crippen molar-refractivity contribution in [2.45, 2.75) is 13.5 Å². The van der Waals surface area contributed by atoms with E-state index in [2.05, 4.69) is 15.4 Å². The fourth-order valence-corrected chi connectivity index (χ4v) is 3.10. The lowest BCUT2D eigenvalue weighted by Crippen LogP contribution is -2.55. The van der Waals surface area contributed by atoms with Gasteiger partial charge in [-0.25, -0.2) is 0 Å². The van der Waals surface area contributed by atoms with E-state index in [1.807, 2.05) is 49.3 Å². The van der Waals surface area contributed by atoms with Gasteiger partial charge >= 0.3 is 0 Å². The van der Waals surface area contributed by atoms with Crippen LogP contribution in [0.2, 0.25) is 0 Å². The summed E-state index contributed by atoms with van der Waals surface area (Å²) < 4.78 is 7.24. The molecule has 9 heteroatoms. The monoisotopic (exact) mass is 498 g/mol. The first kappa shape index (κ1) is 22.0. The Balaban J connectivity index is 0.00000280. The van der Waals surface area contributed by atoms with Crippen molar-refractivity contribution in [2.24, 2.45) is 12.0 Å². The Labute approximate surface area is 182 Å². The molecule has 152 valence electrons. The summed E-state index contributed by atoms with van der Waals surface area (Å²) in [5.74, 6) is 1.61. The van der Waals surface area contributed by atoms with Crippen LogP contribution >= 0.6 is 24.0 Å². The van der Waals surface area contributed by atoms with Crippen molar-refractivity contribution in [2.75, 3.05) is 38.2 Å². The molecule has 0 radical (unpaired) electrons. The second-order valence-corrected chi connectivity index (χ2v) is 6.32. The van der Waals surface area contributed by atoms with Gasteiger partial charge in [0.05, 0.1) is 18.5 Å². The van der Waals surface area contributed by atoms with Gasteiger partial charge in [-0.1, -0.05) is 12.1 Å². The van der Waals surface area contributed by atoms with E-state index < -0.39 is 0 Å². The highest BCUT2D eigenvalue weighted by Crippen LogP contribution is 2.16. The quantitative estimate of drug-likeness (QED) is 0.387. The Morgan fingerprint density at radius 1 is 1.36 bits per heavy atom. The molecular formula is C19H27IN6O2. The van der Waals surface area contributed by atoms with Gasteiger partial charge in [-0.15, -0.1) is 24.0 Å². The van der Waals surface area contributed by atoms with Crippen LogP contribution in [-0.2, 0) is 18.4 Å². The molecule has 1 aromatic carbocycles. The molecule has 8 nitrogen and oxygen atoms in total. The number of nitrogens with zero attached hydrogens (tertiary/aromatic N) is 5. The van der Waals surface area contributed by atoms with Crippen LogP contribution in [0.15, 0.2) is 41.7 Å². The molecular weight excluding hydrogens is 471 g/mol. The molecule has 1 aliphatic heterocycles. The van der Waals surface area contributed by atoms with E-state index in [-0.39, 0.29) is 36.4 Å². The Hall–Kier alpha value is -2.30. The van der Waals surface area contributed by atoms with Crippen molar-refractivity contribution in [1.29, 1.82) is 0 Å². The number of carbonyl (C=O) groups is 1. The second kappa shape index (κ2) is 10.3. The van der Waals surface area contributed by atoms with Crippen molar-refractivity contribution >= 4 is 41.5 Å². The number of hydrogen-bond acceptors (Lipinski definition) is 4. The van der Waals surface area contributed by atoms with Crippen LogP contribution in [0.25, 0.3) is 0 Å². The molecule has 1 amide bonds. The van der Waals surface area contributed by atoms with Crippen LogP contribution in [0.4, 0.5) is 5.69 Å². The zero-order valence-corrected chi connectivity index (χ0v) is 18.8. The largest absolute Gasteiger partial charge is 0.494 e. The van der Waals surface area contributed by atoms with Crippen molar-refractivity contribution in [3.05, 3.63) is 42.2 Å². The number of nitrogens with one attached hydrogen (secondary N) is 1. The Morgan fingerprint density at radius 2 is 2.18 bits per heavy atom. The molecule has 0 unspecified atom stereocenters. The highest BCUT2D eigenvalue weighted by atomic mass is 127. The summed E-state index contributed by atoms with van der Waals surface area (Å²) in [5, 5.41) is 7.48. The number of hydrogen-bond donors (Lipinski definition) is 1. The zero-order chi connectivity index (χ0) is 19.2. The first-order valence-electron chi connectivity index (χ1n) is 9.07. The summed E-state index contributed by atoms with van der Waals surface area (Å²) in [6, 6.07) is 7.96. The number of anilines is 1. The van der Waals surface area contributed by atoms with E-state index in [1.165, 1.54) is 0 Å². The average Bonchev–Trinajstić information content (AvgIpc) is 3.09. The number of piperazine rings is 1. The SMILES string of the molecule is CCOc1cccc(CNC(=NC)N2CCN(c3cnn(C)c3)C(=O)C2)c1.I. The molecule has 0 aliphatic carbocycles. The normalized spacial score (nSPS) is 14.7. The molecule has 3 rings (SSSR count). The van der Waals surface area contributed by atoms with Gasteiger partial charge < -0.3 is 19.9 Å². The topological polar surface area (TPSA) is 75.0 Å². The maximum atomic E-state index is 12.6. The Bertz CT molecular complexity index is 822. The van der Waals surface area contributed by atoms with Crippen molar-refractivity contribution < 1.29 is 9.53 Å². The zero-order valence-electron chi connectivity index (χ0n) is 16.5. The number of carbonyl (C=O) groups excluding carboxylic acids is 1. The molecule has 2 aromatic rings. The summed E-state index contributed by atoms with van der Waals surface area (Å²) in [4.78, 5) is 20.6. The third-order valence-corrected chi connectivity index (χ3v) is 4.40. The number of aryl methyl sites for hydroxylation is 1. The summed E-state index contributed by atoms with van der Waals surface area (Å²) in [7, 11) is 3.58. The number of amides is 1. The van der Waals surface area contributed by atoms with Crippen LogP contribution in [0.5, 0.6) is 5.75 Å². The van der Waals surface area contributed by atoms with Gasteiger partial charge in [0.15, 0.2) is 5.96 Å². The maximum Gasteiger partial charge on any atom is 0.246 e. The molecule has 0 spiro atoms. The van der Waals surface area contributed by atoms with Crippen LogP contribution in [0, 0.1) is 0 Å². The lowest BCUT2D eigenvalue weighted by Gasteiger charge is -2.35. The van der Waals surface area contributed by atoms with Gasteiger partial charge in [0.25, 0.3) is 0 Å². The molecule has 1 aromatic heterocycles. The van der Waals surface area contributed by atoms with Gasteiger partial charge in [-0.05, 0) is 24.6 Å². The van der Waals surface area contributed by atoms with Gasteiger partial charge in [-0.3, -0.25) is 14.5 Å². The van der Waals surface area contributed by atoms with Gasteiger partial charge in [0, 0.05) is 39.9 Å². The molecule has 0 saturated carbocycles. The second-order valence-electron chi connectivity index (χ2n) is 6.32. The smallest absolute Gasteiger partial charge is 0.246 e. The predicted molar refractivity (Wildman–Crippen MR) is 120 cm³/mol.